The van der Waals surface area contributed by atoms with Gasteiger partial charge in [0.05, 0.1) is 12.7 Å². The first-order chi connectivity index (χ1) is 19.0. The van der Waals surface area contributed by atoms with Crippen molar-refractivity contribution in [2.45, 2.75) is 33.2 Å². The summed E-state index contributed by atoms with van der Waals surface area (Å²) < 4.78 is 61.4. The lowest BCUT2D eigenvalue weighted by atomic mass is 10.0. The number of aryl methyl sites for hydroxylation is 1. The number of fused-ring (bicyclic) bond motifs is 1. The van der Waals surface area contributed by atoms with Crippen molar-refractivity contribution in [2.24, 2.45) is 0 Å². The van der Waals surface area contributed by atoms with Crippen LogP contribution in [-0.2, 0) is 19.3 Å². The lowest BCUT2D eigenvalue weighted by Crippen LogP contribution is -2.28. The quantitative estimate of drug-likeness (QED) is 0.214. The minimum Gasteiger partial charge on any atom is -0.493 e. The summed E-state index contributed by atoms with van der Waals surface area (Å²) in [5.74, 6) is -1.19. The van der Waals surface area contributed by atoms with Crippen LogP contribution in [0.5, 0.6) is 11.6 Å². The summed E-state index contributed by atoms with van der Waals surface area (Å²) in [5.41, 5.74) is 0.711. The topological polar surface area (TPSA) is 89.3 Å². The summed E-state index contributed by atoms with van der Waals surface area (Å²) in [6, 6.07) is 8.88. The molecule has 0 fully saturated rings. The monoisotopic (exact) mass is 554 g/mol. The predicted octanol–water partition coefficient (Wildman–Crippen LogP) is 5.73. The summed E-state index contributed by atoms with van der Waals surface area (Å²) in [6.45, 7) is 6.59. The second kappa shape index (κ2) is 11.2. The Morgan fingerprint density at radius 2 is 1.98 bits per heavy atom. The highest BCUT2D eigenvalue weighted by Crippen LogP contribution is 2.33. The number of halogens is 4. The molecule has 0 spiro atoms. The number of nitrogens with one attached hydrogen (secondary N) is 1. The van der Waals surface area contributed by atoms with Crippen LogP contribution >= 0.6 is 0 Å². The van der Waals surface area contributed by atoms with Crippen LogP contribution in [0.3, 0.4) is 0 Å². The van der Waals surface area contributed by atoms with Gasteiger partial charge in [-0.05, 0) is 43.7 Å². The summed E-state index contributed by atoms with van der Waals surface area (Å²) in [7, 11) is 1.79. The van der Waals surface area contributed by atoms with Crippen molar-refractivity contribution in [1.82, 2.24) is 19.9 Å². The standard InChI is InChI=1S/C29H26F4N4O3/c1-5-16(2)25(34-4)19-12-17(3)36-26-18(19)8-6-10-24(26)40-15-21-20(27(38)35-13-23(21)30)14-37-11-7-9-22(28(37)39)29(31,32)33/h5-13,34H,1,14-15H2,2-4H3,(H,35,38)/b25-16-. The van der Waals surface area contributed by atoms with E-state index < -0.39 is 42.1 Å². The van der Waals surface area contributed by atoms with Crippen molar-refractivity contribution in [2.75, 3.05) is 7.05 Å². The molecule has 4 aromatic rings. The van der Waals surface area contributed by atoms with E-state index in [-0.39, 0.29) is 11.1 Å². The number of aromatic nitrogens is 3. The van der Waals surface area contributed by atoms with Crippen LogP contribution in [0.1, 0.15) is 34.9 Å². The molecule has 0 atom stereocenters. The number of rotatable bonds is 8. The fourth-order valence-electron chi connectivity index (χ4n) is 4.39. The highest BCUT2D eigenvalue weighted by atomic mass is 19.4. The van der Waals surface area contributed by atoms with Crippen molar-refractivity contribution in [1.29, 1.82) is 0 Å². The number of hydrogen-bond donors (Lipinski definition) is 2. The SMILES string of the molecule is C=C/C(C)=C(\NC)c1cc(C)nc2c(OCc3c(F)cnc(O)c3Cn3cccc(C(F)(F)F)c3=O)cccc12. The van der Waals surface area contributed by atoms with E-state index in [1.165, 1.54) is 0 Å². The van der Waals surface area contributed by atoms with Gasteiger partial charge in [-0.15, -0.1) is 0 Å². The molecule has 0 saturated heterocycles. The Labute approximate surface area is 227 Å². The lowest BCUT2D eigenvalue weighted by molar-refractivity contribution is -0.138. The van der Waals surface area contributed by atoms with Crippen molar-refractivity contribution >= 4 is 16.6 Å². The van der Waals surface area contributed by atoms with Crippen molar-refractivity contribution in [3.8, 4) is 11.6 Å². The summed E-state index contributed by atoms with van der Waals surface area (Å²) in [5, 5.41) is 14.3. The van der Waals surface area contributed by atoms with Crippen molar-refractivity contribution in [3.05, 3.63) is 111 Å². The Hall–Kier alpha value is -4.67. The molecule has 3 heterocycles. The van der Waals surface area contributed by atoms with Gasteiger partial charge in [-0.25, -0.2) is 14.4 Å². The Morgan fingerprint density at radius 3 is 2.65 bits per heavy atom. The third-order valence-corrected chi connectivity index (χ3v) is 6.40. The van der Waals surface area contributed by atoms with Gasteiger partial charge in [0.25, 0.3) is 5.56 Å². The van der Waals surface area contributed by atoms with Crippen molar-refractivity contribution < 1.29 is 27.4 Å². The molecule has 7 nitrogen and oxygen atoms in total. The first-order valence-corrected chi connectivity index (χ1v) is 12.1. The first kappa shape index (κ1) is 28.3. The van der Waals surface area contributed by atoms with Crippen LogP contribution in [0.4, 0.5) is 17.6 Å². The molecule has 40 heavy (non-hydrogen) atoms. The average molecular weight is 555 g/mol. The number of ether oxygens (including phenoxy) is 1. The maximum atomic E-state index is 15.0. The molecule has 0 radical (unpaired) electrons. The van der Waals surface area contributed by atoms with E-state index in [0.29, 0.717) is 23.0 Å². The van der Waals surface area contributed by atoms with Gasteiger partial charge in [0.2, 0.25) is 5.88 Å². The Bertz CT molecular complexity index is 1690. The van der Waals surface area contributed by atoms with E-state index >= 15 is 0 Å². The number of aromatic hydroxyl groups is 1. The molecule has 0 amide bonds. The van der Waals surface area contributed by atoms with E-state index in [4.69, 9.17) is 4.74 Å². The van der Waals surface area contributed by atoms with E-state index in [9.17, 15) is 27.5 Å². The molecule has 0 bridgehead atoms. The van der Waals surface area contributed by atoms with Crippen molar-refractivity contribution in [3.63, 3.8) is 0 Å². The number of allylic oxidation sites excluding steroid dienone is 2. The number of pyridine rings is 3. The third kappa shape index (κ3) is 5.54. The van der Waals surface area contributed by atoms with Crippen LogP contribution in [0.15, 0.2) is 71.8 Å². The zero-order valence-electron chi connectivity index (χ0n) is 21.9. The molecule has 2 N–H and O–H groups in total. The number of para-hydroxylation sites is 1. The maximum absolute atomic E-state index is 15.0. The second-order valence-corrected chi connectivity index (χ2v) is 9.00. The molecular weight excluding hydrogens is 528 g/mol. The molecular formula is C29H26F4N4O3. The number of nitrogens with zero attached hydrogens (tertiary/aromatic N) is 3. The fraction of sp³-hybridized carbons (Fsp3) is 0.207. The molecule has 11 heteroatoms. The van der Waals surface area contributed by atoms with Gasteiger partial charge in [0.15, 0.2) is 0 Å². The Balaban J connectivity index is 1.76. The largest absolute Gasteiger partial charge is 0.493 e. The van der Waals surface area contributed by atoms with Gasteiger partial charge in [-0.3, -0.25) is 4.79 Å². The normalized spacial score (nSPS) is 12.3. The molecule has 0 aliphatic heterocycles. The molecule has 0 aliphatic rings. The summed E-state index contributed by atoms with van der Waals surface area (Å²) in [4.78, 5) is 20.6. The van der Waals surface area contributed by atoms with Crippen LogP contribution in [0.2, 0.25) is 0 Å². The van der Waals surface area contributed by atoms with Gasteiger partial charge >= 0.3 is 6.18 Å². The Morgan fingerprint density at radius 1 is 1.23 bits per heavy atom. The number of benzene rings is 1. The van der Waals surface area contributed by atoms with Crippen LogP contribution in [0, 0.1) is 12.7 Å². The number of alkyl halides is 3. The summed E-state index contributed by atoms with van der Waals surface area (Å²) >= 11 is 0. The molecule has 0 unspecified atom stereocenters. The fourth-order valence-corrected chi connectivity index (χ4v) is 4.39. The smallest absolute Gasteiger partial charge is 0.421 e. The van der Waals surface area contributed by atoms with E-state index in [0.717, 1.165) is 45.2 Å². The van der Waals surface area contributed by atoms with Crippen LogP contribution < -0.4 is 15.6 Å². The van der Waals surface area contributed by atoms with Crippen LogP contribution in [0.25, 0.3) is 16.6 Å². The zero-order chi connectivity index (χ0) is 29.2. The maximum Gasteiger partial charge on any atom is 0.421 e. The average Bonchev–Trinajstić information content (AvgIpc) is 2.91. The Kier molecular flexibility index (Phi) is 7.94. The molecule has 3 aromatic heterocycles. The predicted molar refractivity (Wildman–Crippen MR) is 143 cm³/mol. The minimum atomic E-state index is -4.88. The van der Waals surface area contributed by atoms with Gasteiger partial charge in [0, 0.05) is 46.7 Å². The summed E-state index contributed by atoms with van der Waals surface area (Å²) in [6.07, 6.45) is -1.26. The highest BCUT2D eigenvalue weighted by molar-refractivity contribution is 5.95. The van der Waals surface area contributed by atoms with Gasteiger partial charge in [-0.1, -0.05) is 24.8 Å². The van der Waals surface area contributed by atoms with Gasteiger partial charge in [0.1, 0.15) is 29.3 Å². The minimum absolute atomic E-state index is 0.167. The third-order valence-electron chi connectivity index (χ3n) is 6.40. The van der Waals surface area contributed by atoms with Gasteiger partial charge in [-0.2, -0.15) is 13.2 Å². The molecule has 0 saturated carbocycles. The number of hydrogen-bond acceptors (Lipinski definition) is 6. The highest BCUT2D eigenvalue weighted by Gasteiger charge is 2.34. The van der Waals surface area contributed by atoms with E-state index in [2.05, 4.69) is 21.9 Å². The first-order valence-electron chi connectivity index (χ1n) is 12.1. The second-order valence-electron chi connectivity index (χ2n) is 9.00. The van der Waals surface area contributed by atoms with Gasteiger partial charge < -0.3 is 19.7 Å². The van der Waals surface area contributed by atoms with E-state index in [1.807, 2.05) is 26.0 Å². The molecule has 0 aliphatic carbocycles. The van der Waals surface area contributed by atoms with Crippen LogP contribution in [-0.4, -0.2) is 26.7 Å². The van der Waals surface area contributed by atoms with E-state index in [1.54, 1.807) is 25.3 Å². The molecule has 208 valence electrons. The lowest BCUT2D eigenvalue weighted by Gasteiger charge is -2.17. The molecule has 4 rings (SSSR count). The molecule has 1 aromatic carbocycles. The zero-order valence-corrected chi connectivity index (χ0v) is 21.9.